The third-order valence-corrected chi connectivity index (χ3v) is 11.7. The fourth-order valence-corrected chi connectivity index (χ4v) is 8.69. The first-order valence-corrected chi connectivity index (χ1v) is 23.0. The summed E-state index contributed by atoms with van der Waals surface area (Å²) in [5, 5.41) is 26.5. The van der Waals surface area contributed by atoms with Gasteiger partial charge in [-0.1, -0.05) is 99.5 Å². The molecule has 0 saturated heterocycles. The molecule has 2 amide bonds. The van der Waals surface area contributed by atoms with E-state index in [1.807, 2.05) is 76.2 Å². The van der Waals surface area contributed by atoms with E-state index in [9.17, 15) is 29.4 Å². The fourth-order valence-electron chi connectivity index (χ4n) is 8.69. The van der Waals surface area contributed by atoms with Gasteiger partial charge in [-0.05, 0) is 75.9 Å². The van der Waals surface area contributed by atoms with Gasteiger partial charge in [-0.2, -0.15) is 0 Å². The van der Waals surface area contributed by atoms with E-state index in [4.69, 9.17) is 23.7 Å². The molecule has 2 heterocycles. The molecule has 348 valence electrons. The van der Waals surface area contributed by atoms with E-state index in [-0.39, 0.29) is 36.2 Å². The van der Waals surface area contributed by atoms with E-state index in [1.54, 1.807) is 48.5 Å². The molecule has 6 aromatic carbocycles. The first-order valence-electron chi connectivity index (χ1n) is 23.0. The van der Waals surface area contributed by atoms with E-state index in [1.165, 1.54) is 9.80 Å². The molecule has 0 spiro atoms. The minimum absolute atomic E-state index is 0.230. The van der Waals surface area contributed by atoms with Crippen LogP contribution in [-0.4, -0.2) is 59.4 Å². The quantitative estimate of drug-likeness (QED) is 0.0480. The molecule has 0 fully saturated rings. The summed E-state index contributed by atoms with van der Waals surface area (Å²) in [7, 11) is 0. The summed E-state index contributed by atoms with van der Waals surface area (Å²) in [6, 6.07) is 28.1. The van der Waals surface area contributed by atoms with Crippen molar-refractivity contribution in [3.63, 3.8) is 0 Å². The molecule has 0 aliphatic carbocycles. The monoisotopic (exact) mass is 908 g/mol. The Morgan fingerprint density at radius 3 is 1.36 bits per heavy atom. The summed E-state index contributed by atoms with van der Waals surface area (Å²) in [4.78, 5) is 57.1. The Morgan fingerprint density at radius 1 is 0.537 bits per heavy atom. The summed E-state index contributed by atoms with van der Waals surface area (Å²) in [5.74, 6) is -0.826. The maximum absolute atomic E-state index is 14.3. The number of rotatable bonds is 18. The van der Waals surface area contributed by atoms with Gasteiger partial charge < -0.3 is 33.9 Å². The zero-order valence-electron chi connectivity index (χ0n) is 38.7. The third kappa shape index (κ3) is 9.13. The number of carbonyl (C=O) groups is 4. The summed E-state index contributed by atoms with van der Waals surface area (Å²) in [6.07, 6.45) is -0.334. The van der Waals surface area contributed by atoms with Gasteiger partial charge in [0.05, 0.1) is 60.5 Å². The lowest BCUT2D eigenvalue weighted by atomic mass is 9.98. The number of anilines is 2. The lowest BCUT2D eigenvalue weighted by molar-refractivity contribution is -0.158. The molecule has 67 heavy (non-hydrogen) atoms. The Hall–Kier alpha value is -6.96. The number of ether oxygens (including phenoxy) is 5. The number of fused-ring (bicyclic) bond motifs is 4. The van der Waals surface area contributed by atoms with Crippen molar-refractivity contribution in [2.24, 2.45) is 0 Å². The van der Waals surface area contributed by atoms with Crippen LogP contribution in [0.3, 0.4) is 0 Å². The number of aliphatic hydroxyl groups excluding tert-OH is 2. The van der Waals surface area contributed by atoms with Gasteiger partial charge in [-0.15, -0.1) is 0 Å². The smallest absolute Gasteiger partial charge is 0.317 e. The molecule has 2 atom stereocenters. The normalized spacial score (nSPS) is 15.4. The maximum Gasteiger partial charge on any atom is 0.317 e. The average molecular weight is 909 g/mol. The number of carbonyl (C=O) groups excluding carboxylic acids is 4. The number of amides is 2. The average Bonchev–Trinajstić information content (AvgIpc) is 3.72. The number of hydrogen-bond acceptors (Lipinski definition) is 11. The van der Waals surface area contributed by atoms with Crippen LogP contribution < -0.4 is 28.7 Å². The Bertz CT molecular complexity index is 2780. The summed E-state index contributed by atoms with van der Waals surface area (Å²) in [6.45, 7) is 12.4. The number of benzene rings is 6. The van der Waals surface area contributed by atoms with Gasteiger partial charge in [-0.3, -0.25) is 29.0 Å². The molecule has 2 unspecified atom stereocenters. The van der Waals surface area contributed by atoms with Crippen molar-refractivity contribution in [3.05, 3.63) is 130 Å². The number of unbranched alkanes of at least 4 members (excludes halogenated alkanes) is 2. The molecule has 13 nitrogen and oxygen atoms in total. The molecular weight excluding hydrogens is 853 g/mol. The lowest BCUT2D eigenvalue weighted by Gasteiger charge is -2.23. The Labute approximate surface area is 389 Å². The van der Waals surface area contributed by atoms with E-state index in [0.29, 0.717) is 80.6 Å². The van der Waals surface area contributed by atoms with Crippen molar-refractivity contribution in [1.82, 2.24) is 0 Å². The summed E-state index contributed by atoms with van der Waals surface area (Å²) < 4.78 is 30.3. The van der Waals surface area contributed by atoms with Crippen molar-refractivity contribution >= 4 is 56.7 Å². The van der Waals surface area contributed by atoms with E-state index >= 15 is 0 Å². The van der Waals surface area contributed by atoms with Crippen molar-refractivity contribution in [3.8, 4) is 23.0 Å². The SMILES string of the molecule is CCCCOc1c2c(c(OC(C)C)c3ccccc13)C(O)N(c1ccc(CC(=O)OC(=O)Cc3ccc(N4C(=O)c5c(c(OCCCC)c6ccccc6c5OC(C)C)C4O)cc3)cc1)C2=O. The van der Waals surface area contributed by atoms with Gasteiger partial charge >= 0.3 is 11.9 Å². The molecule has 2 aliphatic rings. The molecule has 0 saturated carbocycles. The van der Waals surface area contributed by atoms with Gasteiger partial charge in [0.25, 0.3) is 11.8 Å². The number of aliphatic hydroxyl groups is 2. The van der Waals surface area contributed by atoms with Gasteiger partial charge in [0.15, 0.2) is 12.5 Å². The lowest BCUT2D eigenvalue weighted by Crippen LogP contribution is -2.27. The van der Waals surface area contributed by atoms with E-state index in [0.717, 1.165) is 36.5 Å². The van der Waals surface area contributed by atoms with Crippen molar-refractivity contribution in [2.45, 2.75) is 105 Å². The van der Waals surface area contributed by atoms with E-state index in [2.05, 4.69) is 13.8 Å². The molecule has 0 bridgehead atoms. The van der Waals surface area contributed by atoms with Gasteiger partial charge in [0.2, 0.25) is 0 Å². The molecule has 6 aromatic rings. The minimum Gasteiger partial charge on any atom is -0.492 e. The van der Waals surface area contributed by atoms with Crippen LogP contribution >= 0.6 is 0 Å². The van der Waals surface area contributed by atoms with Crippen LogP contribution in [0.25, 0.3) is 21.5 Å². The van der Waals surface area contributed by atoms with Crippen molar-refractivity contribution in [2.75, 3.05) is 23.0 Å². The maximum atomic E-state index is 14.3. The Balaban J connectivity index is 0.944. The van der Waals surface area contributed by atoms with Crippen LogP contribution in [0.15, 0.2) is 97.1 Å². The molecule has 0 radical (unpaired) electrons. The standard InChI is InChI=1S/C54H56N2O11/c1-7-9-27-63-47-37-15-11-13-17-39(37)49(65-31(3)4)45-43(47)51(59)55(53(45)61)35-23-19-33(20-24-35)29-41(57)67-42(58)30-34-21-25-36(26-22-34)56-52(60)44-46(54(56)62)50(66-32(5)6)40-18-14-12-16-38(40)48(44)64-28-10-8-2/h11-26,31-32,51,54,59,62H,7-10,27-30H2,1-6H3. The highest BCUT2D eigenvalue weighted by atomic mass is 16.6. The molecule has 8 rings (SSSR count). The highest BCUT2D eigenvalue weighted by Gasteiger charge is 2.45. The van der Waals surface area contributed by atoms with Crippen LogP contribution in [-0.2, 0) is 27.2 Å². The van der Waals surface area contributed by atoms with Crippen LogP contribution in [0, 0.1) is 0 Å². The van der Waals surface area contributed by atoms with Crippen LogP contribution in [0.4, 0.5) is 11.4 Å². The number of nitrogens with zero attached hydrogens (tertiary/aromatic N) is 2. The fraction of sp³-hybridized carbons (Fsp3) is 0.333. The van der Waals surface area contributed by atoms with Crippen LogP contribution in [0.1, 0.15) is 123 Å². The van der Waals surface area contributed by atoms with Gasteiger partial charge in [0, 0.05) is 32.9 Å². The van der Waals surface area contributed by atoms with Gasteiger partial charge in [0.1, 0.15) is 23.0 Å². The Morgan fingerprint density at radius 2 is 0.910 bits per heavy atom. The third-order valence-electron chi connectivity index (χ3n) is 11.7. The summed E-state index contributed by atoms with van der Waals surface area (Å²) in [5.41, 5.74) is 2.96. The van der Waals surface area contributed by atoms with Crippen LogP contribution in [0.2, 0.25) is 0 Å². The highest BCUT2D eigenvalue weighted by Crippen LogP contribution is 2.52. The molecule has 2 aliphatic heterocycles. The second-order valence-electron chi connectivity index (χ2n) is 17.4. The van der Waals surface area contributed by atoms with Crippen molar-refractivity contribution < 1.29 is 53.1 Å². The first kappa shape index (κ1) is 46.6. The van der Waals surface area contributed by atoms with Gasteiger partial charge in [-0.25, -0.2) is 0 Å². The Kier molecular flexibility index (Phi) is 13.8. The zero-order valence-corrected chi connectivity index (χ0v) is 38.7. The predicted molar refractivity (Wildman–Crippen MR) is 255 cm³/mol. The number of esters is 2. The first-order chi connectivity index (χ1) is 32.3. The predicted octanol–water partition coefficient (Wildman–Crippen LogP) is 10.1. The second kappa shape index (κ2) is 19.9. The number of hydrogen-bond donors (Lipinski definition) is 2. The largest absolute Gasteiger partial charge is 0.492 e. The molecule has 13 heteroatoms. The zero-order chi connectivity index (χ0) is 47.5. The minimum atomic E-state index is -1.38. The molecule has 0 aromatic heterocycles. The van der Waals surface area contributed by atoms with Crippen molar-refractivity contribution in [1.29, 1.82) is 0 Å². The summed E-state index contributed by atoms with van der Waals surface area (Å²) >= 11 is 0. The topological polar surface area (TPSA) is 161 Å². The second-order valence-corrected chi connectivity index (χ2v) is 17.4. The van der Waals surface area contributed by atoms with Crippen LogP contribution in [0.5, 0.6) is 23.0 Å². The highest BCUT2D eigenvalue weighted by molar-refractivity contribution is 6.18. The molecule has 2 N–H and O–H groups in total. The van der Waals surface area contributed by atoms with E-state index < -0.39 is 36.2 Å². The molecular formula is C54H56N2O11.